The first kappa shape index (κ1) is 23.8. The highest BCUT2D eigenvalue weighted by molar-refractivity contribution is 6.11. The van der Waals surface area contributed by atoms with E-state index < -0.39 is 23.2 Å². The first-order valence-electron chi connectivity index (χ1n) is 9.67. The molecular weight excluding hydrogens is 398 g/mol. The predicted molar refractivity (Wildman–Crippen MR) is 115 cm³/mol. The lowest BCUT2D eigenvalue weighted by molar-refractivity contribution is -0.171. The number of methoxy groups -OCH3 is 2. The van der Waals surface area contributed by atoms with Crippen molar-refractivity contribution in [3.05, 3.63) is 78.4 Å². The monoisotopic (exact) mass is 425 g/mol. The van der Waals surface area contributed by atoms with Gasteiger partial charge in [0.15, 0.2) is 5.78 Å². The fraction of sp³-hybridized carbons (Fsp3) is 0.292. The predicted octanol–water partition coefficient (Wildman–Crippen LogP) is 2.93. The van der Waals surface area contributed by atoms with E-state index in [4.69, 9.17) is 14.2 Å². The molecule has 0 fully saturated rings. The third-order valence-corrected chi connectivity index (χ3v) is 4.93. The molecule has 31 heavy (non-hydrogen) atoms. The molecule has 0 heterocycles. The number of nitrogens with zero attached hydrogens (tertiary/aromatic N) is 1. The molecule has 1 atom stereocenters. The summed E-state index contributed by atoms with van der Waals surface area (Å²) in [5.74, 6) is -1.41. The topological polar surface area (TPSA) is 82.1 Å². The fourth-order valence-electron chi connectivity index (χ4n) is 3.17. The number of amides is 1. The molecule has 1 unspecified atom stereocenters. The van der Waals surface area contributed by atoms with Crippen LogP contribution in [-0.4, -0.2) is 48.9 Å². The molecule has 1 amide bonds. The zero-order chi connectivity index (χ0) is 22.9. The Morgan fingerprint density at radius 3 is 2.16 bits per heavy atom. The smallest absolute Gasteiger partial charge is 0.342 e. The molecule has 0 N–H and O–H groups in total. The third-order valence-electron chi connectivity index (χ3n) is 4.93. The van der Waals surface area contributed by atoms with Gasteiger partial charge in [0.25, 0.3) is 0 Å². The van der Waals surface area contributed by atoms with Crippen molar-refractivity contribution in [2.75, 3.05) is 20.8 Å². The number of carbonyl (C=O) groups is 3. The average Bonchev–Trinajstić information content (AvgIpc) is 2.80. The Hall–Kier alpha value is -3.45. The molecule has 7 nitrogen and oxygen atoms in total. The van der Waals surface area contributed by atoms with Crippen molar-refractivity contribution in [2.45, 2.75) is 25.6 Å². The fourth-order valence-corrected chi connectivity index (χ4v) is 3.17. The largest absolute Gasteiger partial charge is 0.497 e. The number of carbonyl (C=O) groups excluding carboxylic acids is 3. The number of ketones is 1. The maximum absolute atomic E-state index is 12.9. The van der Waals surface area contributed by atoms with Crippen molar-refractivity contribution in [1.29, 1.82) is 0 Å². The number of benzene rings is 2. The molecule has 0 radical (unpaired) electrons. The van der Waals surface area contributed by atoms with Gasteiger partial charge in [0.05, 0.1) is 27.4 Å². The van der Waals surface area contributed by atoms with Crippen LogP contribution in [0.4, 0.5) is 0 Å². The molecule has 0 bridgehead atoms. The standard InChI is InChI=1S/C24H27NO6/c1-5-22(27)25(15-19-11-13-21(29-3)14-12-19)24(18(2)26,23(28)30-4)17-31-16-20-9-7-6-8-10-20/h5-14H,1,15-17H2,2-4H3. The van der Waals surface area contributed by atoms with Crippen LogP contribution in [0, 0.1) is 0 Å². The average molecular weight is 425 g/mol. The summed E-state index contributed by atoms with van der Waals surface area (Å²) >= 11 is 0. The second-order valence-electron chi connectivity index (χ2n) is 6.86. The zero-order valence-corrected chi connectivity index (χ0v) is 18.0. The Labute approximate surface area is 182 Å². The highest BCUT2D eigenvalue weighted by Crippen LogP contribution is 2.25. The zero-order valence-electron chi connectivity index (χ0n) is 18.0. The highest BCUT2D eigenvalue weighted by atomic mass is 16.5. The van der Waals surface area contributed by atoms with Crippen LogP contribution in [-0.2, 0) is 37.0 Å². The van der Waals surface area contributed by atoms with Gasteiger partial charge < -0.3 is 19.1 Å². The van der Waals surface area contributed by atoms with Crippen LogP contribution in [0.1, 0.15) is 18.1 Å². The van der Waals surface area contributed by atoms with Gasteiger partial charge in [-0.05, 0) is 36.3 Å². The molecule has 0 aliphatic carbocycles. The van der Waals surface area contributed by atoms with Crippen molar-refractivity contribution in [1.82, 2.24) is 4.90 Å². The summed E-state index contributed by atoms with van der Waals surface area (Å²) in [7, 11) is 2.71. The maximum atomic E-state index is 12.9. The minimum Gasteiger partial charge on any atom is -0.497 e. The van der Waals surface area contributed by atoms with Crippen LogP contribution in [0.25, 0.3) is 0 Å². The molecule has 7 heteroatoms. The van der Waals surface area contributed by atoms with E-state index in [0.29, 0.717) is 11.3 Å². The van der Waals surface area contributed by atoms with Crippen molar-refractivity contribution in [3.63, 3.8) is 0 Å². The summed E-state index contributed by atoms with van der Waals surface area (Å²) in [6.07, 6.45) is 1.06. The number of hydrogen-bond acceptors (Lipinski definition) is 6. The minimum absolute atomic E-state index is 0.0295. The van der Waals surface area contributed by atoms with Crippen LogP contribution in [0.5, 0.6) is 5.75 Å². The Kier molecular flexibility index (Phi) is 8.52. The van der Waals surface area contributed by atoms with Gasteiger partial charge in [0.1, 0.15) is 5.75 Å². The third kappa shape index (κ3) is 5.58. The van der Waals surface area contributed by atoms with E-state index in [9.17, 15) is 14.4 Å². The van der Waals surface area contributed by atoms with E-state index in [2.05, 4.69) is 6.58 Å². The minimum atomic E-state index is -1.96. The molecular formula is C24H27NO6. The summed E-state index contributed by atoms with van der Waals surface area (Å²) in [4.78, 5) is 39.7. The lowest BCUT2D eigenvalue weighted by Crippen LogP contribution is -2.64. The Balaban J connectivity index is 2.41. The van der Waals surface area contributed by atoms with Crippen molar-refractivity contribution in [3.8, 4) is 5.75 Å². The van der Waals surface area contributed by atoms with E-state index in [1.165, 1.54) is 14.0 Å². The Morgan fingerprint density at radius 1 is 1.00 bits per heavy atom. The summed E-state index contributed by atoms with van der Waals surface area (Å²) in [5.41, 5.74) is -0.412. The van der Waals surface area contributed by atoms with Gasteiger partial charge in [-0.1, -0.05) is 49.0 Å². The van der Waals surface area contributed by atoms with Gasteiger partial charge in [-0.3, -0.25) is 9.59 Å². The molecule has 0 aromatic heterocycles. The SMILES string of the molecule is C=CC(=O)N(Cc1ccc(OC)cc1)C(COCc1ccccc1)(C(C)=O)C(=O)OC. The second-order valence-corrected chi connectivity index (χ2v) is 6.86. The van der Waals surface area contributed by atoms with Crippen LogP contribution < -0.4 is 4.74 Å². The number of hydrogen-bond donors (Lipinski definition) is 0. The summed E-state index contributed by atoms with van der Waals surface area (Å²) in [6.45, 7) is 4.52. The van der Waals surface area contributed by atoms with Gasteiger partial charge >= 0.3 is 5.97 Å². The van der Waals surface area contributed by atoms with Crippen LogP contribution >= 0.6 is 0 Å². The highest BCUT2D eigenvalue weighted by Gasteiger charge is 2.52. The molecule has 0 aliphatic rings. The van der Waals surface area contributed by atoms with Crippen molar-refractivity contribution < 1.29 is 28.6 Å². The van der Waals surface area contributed by atoms with Crippen molar-refractivity contribution in [2.24, 2.45) is 0 Å². The van der Waals surface area contributed by atoms with Crippen LogP contribution in [0.2, 0.25) is 0 Å². The number of ether oxygens (including phenoxy) is 3. The molecule has 2 aromatic rings. The van der Waals surface area contributed by atoms with Crippen LogP contribution in [0.15, 0.2) is 67.3 Å². The van der Waals surface area contributed by atoms with Crippen molar-refractivity contribution >= 4 is 17.7 Å². The normalized spacial score (nSPS) is 12.4. The molecule has 0 spiro atoms. The Morgan fingerprint density at radius 2 is 1.65 bits per heavy atom. The Bertz CT molecular complexity index is 909. The molecule has 0 aliphatic heterocycles. The van der Waals surface area contributed by atoms with Gasteiger partial charge in [-0.2, -0.15) is 0 Å². The van der Waals surface area contributed by atoms with E-state index in [0.717, 1.165) is 16.5 Å². The van der Waals surface area contributed by atoms with Gasteiger partial charge in [0.2, 0.25) is 11.4 Å². The van der Waals surface area contributed by atoms with Gasteiger partial charge in [0, 0.05) is 6.54 Å². The number of rotatable bonds is 11. The lowest BCUT2D eigenvalue weighted by atomic mass is 9.92. The molecule has 2 aromatic carbocycles. The number of Topliss-reactive ketones (excluding diaryl/α,β-unsaturated/α-hetero) is 1. The van der Waals surface area contributed by atoms with E-state index in [1.54, 1.807) is 31.4 Å². The summed E-state index contributed by atoms with van der Waals surface area (Å²) in [5, 5.41) is 0. The molecule has 0 saturated carbocycles. The maximum Gasteiger partial charge on any atom is 0.342 e. The molecule has 0 saturated heterocycles. The van der Waals surface area contributed by atoms with Gasteiger partial charge in [-0.25, -0.2) is 4.79 Å². The molecule has 164 valence electrons. The first-order valence-corrected chi connectivity index (χ1v) is 9.67. The van der Waals surface area contributed by atoms with E-state index >= 15 is 0 Å². The first-order chi connectivity index (χ1) is 14.9. The lowest BCUT2D eigenvalue weighted by Gasteiger charge is -2.39. The van der Waals surface area contributed by atoms with Crippen LogP contribution in [0.3, 0.4) is 0 Å². The quantitative estimate of drug-likeness (QED) is 0.313. The summed E-state index contributed by atoms with van der Waals surface area (Å²) in [6, 6.07) is 16.2. The number of esters is 1. The van der Waals surface area contributed by atoms with Gasteiger partial charge in [-0.15, -0.1) is 0 Å². The second kappa shape index (κ2) is 11.1. The summed E-state index contributed by atoms with van der Waals surface area (Å²) < 4.78 is 15.8. The van der Waals surface area contributed by atoms with E-state index in [1.807, 2.05) is 30.3 Å². The molecule has 2 rings (SSSR count). The van der Waals surface area contributed by atoms with E-state index in [-0.39, 0.29) is 19.8 Å².